The Kier molecular flexibility index (Phi) is 4.81. The molecule has 0 saturated carbocycles. The second-order valence-electron chi connectivity index (χ2n) is 5.92. The quantitative estimate of drug-likeness (QED) is 0.914. The van der Waals surface area contributed by atoms with Gasteiger partial charge in [-0.2, -0.15) is 0 Å². The first-order valence-corrected chi connectivity index (χ1v) is 7.58. The fourth-order valence-corrected chi connectivity index (χ4v) is 2.72. The van der Waals surface area contributed by atoms with E-state index in [9.17, 15) is 0 Å². The molecular formula is C15H27N5. The van der Waals surface area contributed by atoms with Crippen LogP contribution in [0.1, 0.15) is 39.2 Å². The molecule has 1 unspecified atom stereocenters. The molecule has 1 aromatic rings. The Labute approximate surface area is 122 Å². The zero-order valence-corrected chi connectivity index (χ0v) is 13.3. The smallest absolute Gasteiger partial charge is 0.137 e. The van der Waals surface area contributed by atoms with Crippen LogP contribution in [0.2, 0.25) is 0 Å². The minimum atomic E-state index is 0.412. The molecule has 1 saturated heterocycles. The van der Waals surface area contributed by atoms with E-state index in [0.29, 0.717) is 12.0 Å². The van der Waals surface area contributed by atoms with E-state index in [0.717, 1.165) is 37.8 Å². The first-order chi connectivity index (χ1) is 9.54. The van der Waals surface area contributed by atoms with E-state index in [1.807, 2.05) is 0 Å². The van der Waals surface area contributed by atoms with Gasteiger partial charge in [0.15, 0.2) is 0 Å². The zero-order chi connectivity index (χ0) is 14.7. The predicted molar refractivity (Wildman–Crippen MR) is 84.6 cm³/mol. The normalized spacial score (nSPS) is 20.5. The summed E-state index contributed by atoms with van der Waals surface area (Å²) in [6, 6.07) is 0.557. The average molecular weight is 277 g/mol. The summed E-state index contributed by atoms with van der Waals surface area (Å²) < 4.78 is 0. The summed E-state index contributed by atoms with van der Waals surface area (Å²) in [5, 5.41) is 3.37. The highest BCUT2D eigenvalue weighted by atomic mass is 15.3. The maximum atomic E-state index is 4.58. The van der Waals surface area contributed by atoms with E-state index in [1.54, 1.807) is 6.33 Å². The second-order valence-corrected chi connectivity index (χ2v) is 5.92. The van der Waals surface area contributed by atoms with Crippen LogP contribution in [0.3, 0.4) is 0 Å². The van der Waals surface area contributed by atoms with Gasteiger partial charge in [-0.05, 0) is 26.8 Å². The minimum absolute atomic E-state index is 0.412. The standard InChI is InChI=1S/C15H27N5/c1-6-16-14-13(11(2)3)15(18-10-17-14)20-8-7-19(5)12(4)9-20/h10-12H,6-9H2,1-5H3,(H,16,17,18). The van der Waals surface area contributed by atoms with Crippen molar-refractivity contribution in [1.29, 1.82) is 0 Å². The van der Waals surface area contributed by atoms with Gasteiger partial charge in [-0.3, -0.25) is 0 Å². The van der Waals surface area contributed by atoms with Crippen molar-refractivity contribution < 1.29 is 0 Å². The predicted octanol–water partition coefficient (Wildman–Crippen LogP) is 2.17. The molecule has 112 valence electrons. The van der Waals surface area contributed by atoms with Gasteiger partial charge in [0.25, 0.3) is 0 Å². The summed E-state index contributed by atoms with van der Waals surface area (Å²) in [5.41, 5.74) is 1.24. The minimum Gasteiger partial charge on any atom is -0.370 e. The highest BCUT2D eigenvalue weighted by Crippen LogP contribution is 2.31. The molecule has 1 aliphatic rings. The third kappa shape index (κ3) is 3.03. The fourth-order valence-electron chi connectivity index (χ4n) is 2.72. The molecule has 0 amide bonds. The van der Waals surface area contributed by atoms with Crippen LogP contribution in [0.25, 0.3) is 0 Å². The summed E-state index contributed by atoms with van der Waals surface area (Å²) in [4.78, 5) is 13.8. The molecule has 0 aliphatic carbocycles. The number of hydrogen-bond donors (Lipinski definition) is 1. The number of aromatic nitrogens is 2. The number of anilines is 2. The van der Waals surface area contributed by atoms with Gasteiger partial charge in [-0.25, -0.2) is 9.97 Å². The largest absolute Gasteiger partial charge is 0.370 e. The zero-order valence-electron chi connectivity index (χ0n) is 13.3. The molecule has 20 heavy (non-hydrogen) atoms. The molecule has 5 nitrogen and oxygen atoms in total. The topological polar surface area (TPSA) is 44.3 Å². The van der Waals surface area contributed by atoms with E-state index in [2.05, 4.69) is 59.8 Å². The van der Waals surface area contributed by atoms with Crippen LogP contribution < -0.4 is 10.2 Å². The van der Waals surface area contributed by atoms with Crippen LogP contribution in [-0.4, -0.2) is 54.1 Å². The van der Waals surface area contributed by atoms with Crippen LogP contribution >= 0.6 is 0 Å². The van der Waals surface area contributed by atoms with Crippen molar-refractivity contribution in [3.8, 4) is 0 Å². The SMILES string of the molecule is CCNc1ncnc(N2CCN(C)C(C)C2)c1C(C)C. The first kappa shape index (κ1) is 15.0. The summed E-state index contributed by atoms with van der Waals surface area (Å²) in [7, 11) is 2.19. The van der Waals surface area contributed by atoms with Gasteiger partial charge in [0.2, 0.25) is 0 Å². The Bertz CT molecular complexity index is 446. The molecule has 1 N–H and O–H groups in total. The summed E-state index contributed by atoms with van der Waals surface area (Å²) >= 11 is 0. The van der Waals surface area contributed by atoms with Crippen molar-refractivity contribution in [2.75, 3.05) is 43.4 Å². The van der Waals surface area contributed by atoms with Crippen molar-refractivity contribution >= 4 is 11.6 Å². The third-order valence-corrected chi connectivity index (χ3v) is 4.04. The van der Waals surface area contributed by atoms with Gasteiger partial charge in [0.05, 0.1) is 0 Å². The van der Waals surface area contributed by atoms with Crippen LogP contribution in [-0.2, 0) is 0 Å². The number of nitrogens with one attached hydrogen (secondary N) is 1. The first-order valence-electron chi connectivity index (χ1n) is 7.58. The Morgan fingerprint density at radius 2 is 2.10 bits per heavy atom. The molecule has 1 aromatic heterocycles. The lowest BCUT2D eigenvalue weighted by Gasteiger charge is -2.39. The summed E-state index contributed by atoms with van der Waals surface area (Å²) in [6.45, 7) is 12.8. The number of nitrogens with zero attached hydrogens (tertiary/aromatic N) is 4. The molecule has 1 atom stereocenters. The number of piperazine rings is 1. The fraction of sp³-hybridized carbons (Fsp3) is 0.733. The van der Waals surface area contributed by atoms with Crippen LogP contribution in [0.5, 0.6) is 0 Å². The summed E-state index contributed by atoms with van der Waals surface area (Å²) in [5.74, 6) is 2.50. The molecule has 1 aliphatic heterocycles. The van der Waals surface area contributed by atoms with Gasteiger partial charge in [0.1, 0.15) is 18.0 Å². The van der Waals surface area contributed by atoms with Crippen molar-refractivity contribution in [3.63, 3.8) is 0 Å². The van der Waals surface area contributed by atoms with Gasteiger partial charge >= 0.3 is 0 Å². The van der Waals surface area contributed by atoms with Crippen LogP contribution in [0.15, 0.2) is 6.33 Å². The maximum Gasteiger partial charge on any atom is 0.137 e. The monoisotopic (exact) mass is 277 g/mol. The van der Waals surface area contributed by atoms with Gasteiger partial charge < -0.3 is 15.1 Å². The molecule has 5 heteroatoms. The number of hydrogen-bond acceptors (Lipinski definition) is 5. The van der Waals surface area contributed by atoms with E-state index < -0.39 is 0 Å². The van der Waals surface area contributed by atoms with E-state index in [1.165, 1.54) is 5.56 Å². The number of likely N-dealkylation sites (N-methyl/N-ethyl adjacent to an activating group) is 1. The average Bonchev–Trinajstić information content (AvgIpc) is 2.42. The van der Waals surface area contributed by atoms with E-state index in [-0.39, 0.29) is 0 Å². The van der Waals surface area contributed by atoms with Crippen molar-refractivity contribution in [3.05, 3.63) is 11.9 Å². The third-order valence-electron chi connectivity index (χ3n) is 4.04. The van der Waals surface area contributed by atoms with Crippen molar-refractivity contribution in [2.24, 2.45) is 0 Å². The lowest BCUT2D eigenvalue weighted by molar-refractivity contribution is 0.233. The second kappa shape index (κ2) is 6.39. The number of rotatable bonds is 4. The van der Waals surface area contributed by atoms with Gasteiger partial charge in [0, 0.05) is 37.8 Å². The van der Waals surface area contributed by atoms with Crippen LogP contribution in [0.4, 0.5) is 11.6 Å². The lowest BCUT2D eigenvalue weighted by atomic mass is 10.0. The van der Waals surface area contributed by atoms with Crippen LogP contribution in [0, 0.1) is 0 Å². The highest BCUT2D eigenvalue weighted by Gasteiger charge is 2.25. The lowest BCUT2D eigenvalue weighted by Crippen LogP contribution is -2.50. The molecular weight excluding hydrogens is 250 g/mol. The molecule has 0 radical (unpaired) electrons. The molecule has 1 fully saturated rings. The molecule has 2 rings (SSSR count). The van der Waals surface area contributed by atoms with E-state index >= 15 is 0 Å². The van der Waals surface area contributed by atoms with Gasteiger partial charge in [-0.1, -0.05) is 13.8 Å². The Hall–Kier alpha value is -1.36. The van der Waals surface area contributed by atoms with Crippen molar-refractivity contribution in [1.82, 2.24) is 14.9 Å². The Balaban J connectivity index is 2.33. The van der Waals surface area contributed by atoms with E-state index in [4.69, 9.17) is 0 Å². The molecule has 2 heterocycles. The van der Waals surface area contributed by atoms with Gasteiger partial charge in [-0.15, -0.1) is 0 Å². The molecule has 0 bridgehead atoms. The molecule has 0 spiro atoms. The maximum absolute atomic E-state index is 4.58. The Morgan fingerprint density at radius 1 is 1.35 bits per heavy atom. The highest BCUT2D eigenvalue weighted by molar-refractivity contribution is 5.60. The summed E-state index contributed by atoms with van der Waals surface area (Å²) in [6.07, 6.45) is 1.68. The van der Waals surface area contributed by atoms with Crippen molar-refractivity contribution in [2.45, 2.75) is 39.7 Å². The molecule has 0 aromatic carbocycles. The Morgan fingerprint density at radius 3 is 2.70 bits per heavy atom.